The van der Waals surface area contributed by atoms with Crippen LogP contribution in [-0.2, 0) is 6.54 Å². The van der Waals surface area contributed by atoms with Gasteiger partial charge in [-0.3, -0.25) is 4.68 Å². The van der Waals surface area contributed by atoms with Crippen molar-refractivity contribution in [1.82, 2.24) is 14.7 Å². The van der Waals surface area contributed by atoms with Crippen molar-refractivity contribution < 1.29 is 0 Å². The van der Waals surface area contributed by atoms with E-state index in [1.165, 1.54) is 31.5 Å². The van der Waals surface area contributed by atoms with E-state index in [2.05, 4.69) is 37.0 Å². The van der Waals surface area contributed by atoms with Crippen LogP contribution in [0.2, 0.25) is 0 Å². The first-order valence-electron chi connectivity index (χ1n) is 5.97. The van der Waals surface area contributed by atoms with Crippen molar-refractivity contribution in [2.75, 3.05) is 19.6 Å². The van der Waals surface area contributed by atoms with Crippen LogP contribution in [0.3, 0.4) is 0 Å². The third kappa shape index (κ3) is 4.47. The zero-order valence-electron chi connectivity index (χ0n) is 10.2. The highest BCUT2D eigenvalue weighted by atomic mass is 15.3. The fourth-order valence-corrected chi connectivity index (χ4v) is 1.80. The molecule has 1 aromatic heterocycles. The maximum atomic E-state index is 4.30. The van der Waals surface area contributed by atoms with Gasteiger partial charge in [0.2, 0.25) is 0 Å². The lowest BCUT2D eigenvalue weighted by Gasteiger charge is -2.20. The molecule has 0 bridgehead atoms. The lowest BCUT2D eigenvalue weighted by molar-refractivity contribution is 0.259. The number of aromatic nitrogens is 2. The Morgan fingerprint density at radius 3 is 2.33 bits per heavy atom. The molecule has 1 rings (SSSR count). The van der Waals surface area contributed by atoms with Gasteiger partial charge in [0, 0.05) is 12.7 Å². The van der Waals surface area contributed by atoms with E-state index in [-0.39, 0.29) is 0 Å². The molecule has 3 heteroatoms. The summed E-state index contributed by atoms with van der Waals surface area (Å²) in [5, 5.41) is 4.30. The first-order chi connectivity index (χ1) is 7.26. The molecule has 86 valence electrons. The van der Waals surface area contributed by atoms with Gasteiger partial charge in [0.05, 0.1) is 12.7 Å². The minimum Gasteiger partial charge on any atom is -0.302 e. The molecule has 0 aliphatic heterocycles. The Labute approximate surface area is 93.1 Å². The van der Waals surface area contributed by atoms with Crippen molar-refractivity contribution in [1.29, 1.82) is 0 Å². The van der Waals surface area contributed by atoms with E-state index in [0.717, 1.165) is 13.1 Å². The van der Waals surface area contributed by atoms with E-state index in [4.69, 9.17) is 0 Å². The van der Waals surface area contributed by atoms with Crippen LogP contribution in [0.4, 0.5) is 0 Å². The lowest BCUT2D eigenvalue weighted by Crippen LogP contribution is -2.29. The smallest absolute Gasteiger partial charge is 0.0536 e. The highest BCUT2D eigenvalue weighted by Crippen LogP contribution is 1.98. The number of hydrogen-bond donors (Lipinski definition) is 0. The maximum Gasteiger partial charge on any atom is 0.0536 e. The van der Waals surface area contributed by atoms with Crippen LogP contribution in [0, 0.1) is 6.92 Å². The summed E-state index contributed by atoms with van der Waals surface area (Å²) in [7, 11) is 0. The Balaban J connectivity index is 2.32. The summed E-state index contributed by atoms with van der Waals surface area (Å²) in [5.74, 6) is 0. The molecule has 0 amide bonds. The van der Waals surface area contributed by atoms with Crippen LogP contribution in [0.15, 0.2) is 12.4 Å². The fraction of sp³-hybridized carbons (Fsp3) is 0.750. The zero-order chi connectivity index (χ0) is 11.1. The molecule has 1 heterocycles. The quantitative estimate of drug-likeness (QED) is 0.687. The highest BCUT2D eigenvalue weighted by molar-refractivity contribution is 4.99. The predicted octanol–water partition coefficient (Wildman–Crippen LogP) is 2.31. The average molecular weight is 209 g/mol. The molecule has 0 aliphatic rings. The van der Waals surface area contributed by atoms with E-state index in [0.29, 0.717) is 0 Å². The van der Waals surface area contributed by atoms with Gasteiger partial charge in [0.1, 0.15) is 0 Å². The number of aryl methyl sites for hydroxylation is 1. The second-order valence-corrected chi connectivity index (χ2v) is 4.12. The molecule has 0 aliphatic carbocycles. The Bertz CT molecular complexity index is 262. The molecular weight excluding hydrogens is 186 g/mol. The van der Waals surface area contributed by atoms with Crippen molar-refractivity contribution in [3.8, 4) is 0 Å². The summed E-state index contributed by atoms with van der Waals surface area (Å²) in [6.45, 7) is 11.1. The minimum absolute atomic E-state index is 1.01. The van der Waals surface area contributed by atoms with E-state index < -0.39 is 0 Å². The van der Waals surface area contributed by atoms with Gasteiger partial charge in [-0.1, -0.05) is 13.8 Å². The van der Waals surface area contributed by atoms with E-state index in [9.17, 15) is 0 Å². The molecular formula is C12H23N3. The number of nitrogens with zero attached hydrogens (tertiary/aromatic N) is 3. The summed E-state index contributed by atoms with van der Waals surface area (Å²) >= 11 is 0. The molecule has 0 fully saturated rings. The molecule has 0 saturated carbocycles. The second kappa shape index (κ2) is 6.62. The summed E-state index contributed by atoms with van der Waals surface area (Å²) < 4.78 is 2.04. The first-order valence-corrected chi connectivity index (χ1v) is 5.97. The van der Waals surface area contributed by atoms with Gasteiger partial charge in [0.25, 0.3) is 0 Å². The largest absolute Gasteiger partial charge is 0.302 e. The monoisotopic (exact) mass is 209 g/mol. The van der Waals surface area contributed by atoms with Gasteiger partial charge in [-0.05, 0) is 38.4 Å². The van der Waals surface area contributed by atoms with Gasteiger partial charge in [-0.2, -0.15) is 5.10 Å². The van der Waals surface area contributed by atoms with Gasteiger partial charge < -0.3 is 4.90 Å². The van der Waals surface area contributed by atoms with Crippen LogP contribution in [0.25, 0.3) is 0 Å². The predicted molar refractivity (Wildman–Crippen MR) is 64.0 cm³/mol. The fourth-order valence-electron chi connectivity index (χ4n) is 1.80. The van der Waals surface area contributed by atoms with Crippen LogP contribution >= 0.6 is 0 Å². The van der Waals surface area contributed by atoms with Crippen LogP contribution in [0.5, 0.6) is 0 Å². The molecule has 0 spiro atoms. The van der Waals surface area contributed by atoms with Crippen molar-refractivity contribution in [3.05, 3.63) is 18.0 Å². The first kappa shape index (κ1) is 12.2. The zero-order valence-corrected chi connectivity index (χ0v) is 10.2. The van der Waals surface area contributed by atoms with Crippen LogP contribution < -0.4 is 0 Å². The van der Waals surface area contributed by atoms with Crippen molar-refractivity contribution in [2.24, 2.45) is 0 Å². The van der Waals surface area contributed by atoms with Crippen molar-refractivity contribution in [3.63, 3.8) is 0 Å². The van der Waals surface area contributed by atoms with E-state index in [1.54, 1.807) is 0 Å². The lowest BCUT2D eigenvalue weighted by atomic mass is 10.3. The number of hydrogen-bond acceptors (Lipinski definition) is 2. The summed E-state index contributed by atoms with van der Waals surface area (Å²) in [6.07, 6.45) is 6.50. The molecule has 0 aromatic carbocycles. The second-order valence-electron chi connectivity index (χ2n) is 4.12. The molecule has 0 radical (unpaired) electrons. The van der Waals surface area contributed by atoms with Gasteiger partial charge >= 0.3 is 0 Å². The SMILES string of the molecule is CCCN(CCC)CCn1cc(C)cn1. The van der Waals surface area contributed by atoms with Crippen molar-refractivity contribution in [2.45, 2.75) is 40.2 Å². The minimum atomic E-state index is 1.01. The normalized spacial score (nSPS) is 11.2. The molecule has 0 N–H and O–H groups in total. The molecule has 1 aromatic rings. The van der Waals surface area contributed by atoms with Crippen LogP contribution in [-0.4, -0.2) is 34.3 Å². The topological polar surface area (TPSA) is 21.1 Å². The van der Waals surface area contributed by atoms with E-state index >= 15 is 0 Å². The van der Waals surface area contributed by atoms with Gasteiger partial charge in [-0.15, -0.1) is 0 Å². The molecule has 0 unspecified atom stereocenters. The standard InChI is InChI=1S/C12H23N3/c1-4-6-14(7-5-2)8-9-15-11-12(3)10-13-15/h10-11H,4-9H2,1-3H3. The summed E-state index contributed by atoms with van der Waals surface area (Å²) in [6, 6.07) is 0. The molecule has 3 nitrogen and oxygen atoms in total. The van der Waals surface area contributed by atoms with Gasteiger partial charge in [-0.25, -0.2) is 0 Å². The van der Waals surface area contributed by atoms with E-state index in [1.807, 2.05) is 10.9 Å². The van der Waals surface area contributed by atoms with Gasteiger partial charge in [0.15, 0.2) is 0 Å². The highest BCUT2D eigenvalue weighted by Gasteiger charge is 2.02. The Morgan fingerprint density at radius 1 is 1.20 bits per heavy atom. The Hall–Kier alpha value is -0.830. The number of rotatable bonds is 7. The Kier molecular flexibility index (Phi) is 5.40. The third-order valence-electron chi connectivity index (χ3n) is 2.49. The van der Waals surface area contributed by atoms with Crippen LogP contribution in [0.1, 0.15) is 32.3 Å². The average Bonchev–Trinajstić information content (AvgIpc) is 2.61. The molecule has 15 heavy (non-hydrogen) atoms. The summed E-state index contributed by atoms with van der Waals surface area (Å²) in [4.78, 5) is 2.51. The maximum absolute atomic E-state index is 4.30. The molecule has 0 saturated heterocycles. The third-order valence-corrected chi connectivity index (χ3v) is 2.49. The summed E-state index contributed by atoms with van der Waals surface area (Å²) in [5.41, 5.74) is 1.24. The Morgan fingerprint density at radius 2 is 1.87 bits per heavy atom. The van der Waals surface area contributed by atoms with Crippen molar-refractivity contribution >= 4 is 0 Å². The molecule has 0 atom stereocenters.